The van der Waals surface area contributed by atoms with E-state index in [9.17, 15) is 0 Å². The summed E-state index contributed by atoms with van der Waals surface area (Å²) >= 11 is 5.53. The Bertz CT molecular complexity index is 675. The summed E-state index contributed by atoms with van der Waals surface area (Å²) in [6.07, 6.45) is 2.09. The van der Waals surface area contributed by atoms with Gasteiger partial charge in [0.2, 0.25) is 0 Å². The Morgan fingerprint density at radius 1 is 1.32 bits per heavy atom. The summed E-state index contributed by atoms with van der Waals surface area (Å²) in [5, 5.41) is 8.54. The number of benzene rings is 1. The molecule has 0 amide bonds. The van der Waals surface area contributed by atoms with Gasteiger partial charge in [-0.1, -0.05) is 12.1 Å². The van der Waals surface area contributed by atoms with Crippen LogP contribution in [0, 0.1) is 20.8 Å². The van der Waals surface area contributed by atoms with Crippen molar-refractivity contribution in [2.24, 2.45) is 0 Å². The zero-order chi connectivity index (χ0) is 16.3. The van der Waals surface area contributed by atoms with Crippen LogP contribution in [0.4, 0.5) is 5.69 Å². The van der Waals surface area contributed by atoms with Crippen LogP contribution >= 0.6 is 12.2 Å². The lowest BCUT2D eigenvalue weighted by Gasteiger charge is -2.22. The molecule has 118 valence electrons. The average molecular weight is 316 g/mol. The molecule has 0 aliphatic carbocycles. The van der Waals surface area contributed by atoms with E-state index in [1.807, 2.05) is 29.6 Å². The minimum absolute atomic E-state index is 0.720. The first-order valence-electron chi connectivity index (χ1n) is 7.53. The first-order chi connectivity index (χ1) is 10.4. The van der Waals surface area contributed by atoms with Crippen molar-refractivity contribution in [1.82, 2.24) is 14.7 Å². The number of hydrogen-bond donors (Lipinski definition) is 1. The second-order valence-electron chi connectivity index (χ2n) is 5.63. The van der Waals surface area contributed by atoms with E-state index in [4.69, 9.17) is 12.2 Å². The van der Waals surface area contributed by atoms with Crippen molar-refractivity contribution in [1.29, 1.82) is 0 Å². The summed E-state index contributed by atoms with van der Waals surface area (Å²) in [6, 6.07) is 6.21. The van der Waals surface area contributed by atoms with Crippen LogP contribution in [0.2, 0.25) is 0 Å². The van der Waals surface area contributed by atoms with Crippen molar-refractivity contribution in [2.75, 3.05) is 12.4 Å². The van der Waals surface area contributed by atoms with Gasteiger partial charge in [0.15, 0.2) is 5.11 Å². The van der Waals surface area contributed by atoms with Gasteiger partial charge in [-0.25, -0.2) is 0 Å². The van der Waals surface area contributed by atoms with E-state index in [0.717, 1.165) is 29.6 Å². The van der Waals surface area contributed by atoms with E-state index in [2.05, 4.69) is 49.5 Å². The van der Waals surface area contributed by atoms with Crippen molar-refractivity contribution in [2.45, 2.75) is 40.8 Å². The fourth-order valence-corrected chi connectivity index (χ4v) is 2.48. The van der Waals surface area contributed by atoms with Crippen LogP contribution in [-0.4, -0.2) is 26.8 Å². The molecule has 22 heavy (non-hydrogen) atoms. The molecule has 1 aromatic heterocycles. The monoisotopic (exact) mass is 316 g/mol. The molecule has 0 atom stereocenters. The van der Waals surface area contributed by atoms with Crippen molar-refractivity contribution in [3.05, 3.63) is 46.8 Å². The first kappa shape index (κ1) is 16.5. The van der Waals surface area contributed by atoms with Crippen LogP contribution in [0.25, 0.3) is 0 Å². The SMILES string of the molecule is CCn1cc(CN(C)C(=S)Nc2cccc(C)c2C)c(C)n1. The van der Waals surface area contributed by atoms with Crippen molar-refractivity contribution in [3.63, 3.8) is 0 Å². The quantitative estimate of drug-likeness (QED) is 0.873. The summed E-state index contributed by atoms with van der Waals surface area (Å²) in [6.45, 7) is 9.98. The predicted octanol–water partition coefficient (Wildman–Crippen LogP) is 3.66. The molecular weight excluding hydrogens is 292 g/mol. The van der Waals surface area contributed by atoms with Gasteiger partial charge in [-0.05, 0) is 57.1 Å². The van der Waals surface area contributed by atoms with Crippen molar-refractivity contribution < 1.29 is 0 Å². The van der Waals surface area contributed by atoms with Crippen LogP contribution in [0.15, 0.2) is 24.4 Å². The number of thiocarbonyl (C=S) groups is 1. The second-order valence-corrected chi connectivity index (χ2v) is 6.02. The fraction of sp³-hybridized carbons (Fsp3) is 0.412. The normalized spacial score (nSPS) is 10.6. The highest BCUT2D eigenvalue weighted by molar-refractivity contribution is 7.80. The molecule has 0 spiro atoms. The third kappa shape index (κ3) is 3.65. The molecule has 0 bridgehead atoms. The summed E-state index contributed by atoms with van der Waals surface area (Å²) in [5.74, 6) is 0. The molecule has 0 aliphatic rings. The smallest absolute Gasteiger partial charge is 0.173 e. The van der Waals surface area contributed by atoms with Crippen LogP contribution in [0.5, 0.6) is 0 Å². The largest absolute Gasteiger partial charge is 0.348 e. The number of nitrogens with one attached hydrogen (secondary N) is 1. The van der Waals surface area contributed by atoms with E-state index < -0.39 is 0 Å². The van der Waals surface area contributed by atoms with E-state index in [-0.39, 0.29) is 0 Å². The molecule has 2 aromatic rings. The minimum atomic E-state index is 0.720. The van der Waals surface area contributed by atoms with Crippen molar-refractivity contribution >= 4 is 23.0 Å². The van der Waals surface area contributed by atoms with Gasteiger partial charge in [0.25, 0.3) is 0 Å². The van der Waals surface area contributed by atoms with Crippen LogP contribution < -0.4 is 5.32 Å². The average Bonchev–Trinajstić information content (AvgIpc) is 2.84. The van der Waals surface area contributed by atoms with Gasteiger partial charge in [0.1, 0.15) is 0 Å². The molecule has 2 rings (SSSR count). The van der Waals surface area contributed by atoms with Gasteiger partial charge in [0.05, 0.1) is 5.69 Å². The lowest BCUT2D eigenvalue weighted by atomic mass is 10.1. The lowest BCUT2D eigenvalue weighted by Crippen LogP contribution is -2.31. The maximum absolute atomic E-state index is 5.53. The van der Waals surface area contributed by atoms with Crippen LogP contribution in [0.3, 0.4) is 0 Å². The highest BCUT2D eigenvalue weighted by atomic mass is 32.1. The fourth-order valence-electron chi connectivity index (χ4n) is 2.30. The van der Waals surface area contributed by atoms with Gasteiger partial charge in [0, 0.05) is 37.6 Å². The maximum atomic E-state index is 5.53. The molecule has 0 radical (unpaired) electrons. The first-order valence-corrected chi connectivity index (χ1v) is 7.94. The molecule has 0 saturated carbocycles. The Kier molecular flexibility index (Phi) is 5.19. The zero-order valence-electron chi connectivity index (χ0n) is 14.0. The van der Waals surface area contributed by atoms with Gasteiger partial charge in [-0.15, -0.1) is 0 Å². The molecule has 5 heteroatoms. The van der Waals surface area contributed by atoms with Crippen LogP contribution in [-0.2, 0) is 13.1 Å². The van der Waals surface area contributed by atoms with Crippen molar-refractivity contribution in [3.8, 4) is 0 Å². The van der Waals surface area contributed by atoms with E-state index >= 15 is 0 Å². The third-order valence-corrected chi connectivity index (χ3v) is 4.39. The Morgan fingerprint density at radius 2 is 2.05 bits per heavy atom. The Balaban J connectivity index is 2.06. The molecule has 0 saturated heterocycles. The van der Waals surface area contributed by atoms with Gasteiger partial charge < -0.3 is 10.2 Å². The molecule has 0 aliphatic heterocycles. The molecule has 0 fully saturated rings. The van der Waals surface area contributed by atoms with E-state index in [1.165, 1.54) is 16.7 Å². The number of rotatable bonds is 4. The Hall–Kier alpha value is -1.88. The molecule has 1 heterocycles. The summed E-state index contributed by atoms with van der Waals surface area (Å²) in [4.78, 5) is 2.04. The Labute approximate surface area is 138 Å². The molecule has 1 aromatic carbocycles. The van der Waals surface area contributed by atoms with E-state index in [1.54, 1.807) is 0 Å². The Morgan fingerprint density at radius 3 is 2.68 bits per heavy atom. The number of aromatic nitrogens is 2. The second kappa shape index (κ2) is 6.92. The van der Waals surface area contributed by atoms with Gasteiger partial charge in [-0.2, -0.15) is 5.10 Å². The minimum Gasteiger partial charge on any atom is -0.348 e. The third-order valence-electron chi connectivity index (χ3n) is 3.97. The molecular formula is C17H24N4S. The van der Waals surface area contributed by atoms with E-state index in [0.29, 0.717) is 0 Å². The summed E-state index contributed by atoms with van der Waals surface area (Å²) in [7, 11) is 2.00. The zero-order valence-corrected chi connectivity index (χ0v) is 14.8. The van der Waals surface area contributed by atoms with Gasteiger partial charge >= 0.3 is 0 Å². The number of anilines is 1. The maximum Gasteiger partial charge on any atom is 0.173 e. The highest BCUT2D eigenvalue weighted by Gasteiger charge is 2.11. The standard InChI is InChI=1S/C17H24N4S/c1-6-21-11-15(14(4)19-21)10-20(5)17(22)18-16-9-7-8-12(2)13(16)3/h7-9,11H,6,10H2,1-5H3,(H,18,22). The van der Waals surface area contributed by atoms with Gasteiger partial charge in [-0.3, -0.25) is 4.68 Å². The number of hydrogen-bond acceptors (Lipinski definition) is 2. The summed E-state index contributed by atoms with van der Waals surface area (Å²) < 4.78 is 1.96. The highest BCUT2D eigenvalue weighted by Crippen LogP contribution is 2.19. The molecule has 4 nitrogen and oxygen atoms in total. The number of aryl methyl sites for hydroxylation is 3. The number of nitrogens with zero attached hydrogens (tertiary/aromatic N) is 3. The molecule has 0 unspecified atom stereocenters. The lowest BCUT2D eigenvalue weighted by molar-refractivity contribution is 0.506. The van der Waals surface area contributed by atoms with Crippen LogP contribution in [0.1, 0.15) is 29.3 Å². The summed E-state index contributed by atoms with van der Waals surface area (Å²) in [5.41, 5.74) is 5.82. The predicted molar refractivity (Wildman–Crippen MR) is 96.2 cm³/mol. The molecule has 1 N–H and O–H groups in total. The topological polar surface area (TPSA) is 33.1 Å².